The van der Waals surface area contributed by atoms with Gasteiger partial charge in [-0.1, -0.05) is 6.92 Å². The third-order valence-electron chi connectivity index (χ3n) is 3.11. The standard InChI is InChI=1S/C13H19NO4/c1-3-10-4-5-11(18-10)6-14-8-13(2,9-14)17-7-12(15)16/h4-5H,3,6-9H2,1-2H3,(H,15,16). The van der Waals surface area contributed by atoms with Crippen LogP contribution in [0.1, 0.15) is 25.4 Å². The van der Waals surface area contributed by atoms with E-state index in [4.69, 9.17) is 14.3 Å². The quantitative estimate of drug-likeness (QED) is 0.832. The van der Waals surface area contributed by atoms with Crippen LogP contribution in [0.3, 0.4) is 0 Å². The highest BCUT2D eigenvalue weighted by molar-refractivity contribution is 5.68. The number of aliphatic carboxylic acids is 1. The molecule has 0 atom stereocenters. The summed E-state index contributed by atoms with van der Waals surface area (Å²) in [5, 5.41) is 8.57. The Labute approximate surface area is 106 Å². The molecule has 0 radical (unpaired) electrons. The van der Waals surface area contributed by atoms with Crippen molar-refractivity contribution in [1.29, 1.82) is 0 Å². The molecule has 1 aromatic rings. The van der Waals surface area contributed by atoms with Gasteiger partial charge >= 0.3 is 5.97 Å². The normalized spacial score (nSPS) is 18.6. The second-order valence-electron chi connectivity index (χ2n) is 5.00. The fourth-order valence-electron chi connectivity index (χ4n) is 2.26. The van der Waals surface area contributed by atoms with Gasteiger partial charge in [0.05, 0.1) is 12.1 Å². The van der Waals surface area contributed by atoms with Crippen LogP contribution >= 0.6 is 0 Å². The third kappa shape index (κ3) is 3.11. The summed E-state index contributed by atoms with van der Waals surface area (Å²) in [5.74, 6) is 1.02. The van der Waals surface area contributed by atoms with Gasteiger partial charge in [-0.05, 0) is 19.1 Å². The van der Waals surface area contributed by atoms with Crippen LogP contribution in [-0.2, 0) is 22.5 Å². The molecule has 2 heterocycles. The largest absolute Gasteiger partial charge is 0.480 e. The van der Waals surface area contributed by atoms with E-state index >= 15 is 0 Å². The van der Waals surface area contributed by atoms with Crippen molar-refractivity contribution in [2.45, 2.75) is 32.4 Å². The molecule has 0 aliphatic carbocycles. The van der Waals surface area contributed by atoms with Crippen molar-refractivity contribution < 1.29 is 19.1 Å². The summed E-state index contributed by atoms with van der Waals surface area (Å²) < 4.78 is 11.0. The van der Waals surface area contributed by atoms with E-state index < -0.39 is 5.97 Å². The van der Waals surface area contributed by atoms with E-state index in [-0.39, 0.29) is 12.2 Å². The highest BCUT2D eigenvalue weighted by atomic mass is 16.5. The molecule has 0 spiro atoms. The molecule has 1 aliphatic heterocycles. The molecule has 2 rings (SSSR count). The molecule has 0 saturated carbocycles. The monoisotopic (exact) mass is 253 g/mol. The number of furan rings is 1. The van der Waals surface area contributed by atoms with Gasteiger partial charge in [0.25, 0.3) is 0 Å². The lowest BCUT2D eigenvalue weighted by Crippen LogP contribution is -2.61. The molecular weight excluding hydrogens is 234 g/mol. The van der Waals surface area contributed by atoms with Gasteiger partial charge in [-0.2, -0.15) is 0 Å². The molecule has 1 aliphatic rings. The van der Waals surface area contributed by atoms with E-state index in [0.717, 1.165) is 37.6 Å². The number of likely N-dealkylation sites (tertiary alicyclic amines) is 1. The molecule has 0 unspecified atom stereocenters. The van der Waals surface area contributed by atoms with Crippen molar-refractivity contribution in [3.63, 3.8) is 0 Å². The number of carbonyl (C=O) groups is 1. The zero-order chi connectivity index (χ0) is 13.2. The van der Waals surface area contributed by atoms with Crippen molar-refractivity contribution in [3.8, 4) is 0 Å². The summed E-state index contributed by atoms with van der Waals surface area (Å²) >= 11 is 0. The Hall–Kier alpha value is -1.33. The van der Waals surface area contributed by atoms with Gasteiger partial charge in [-0.15, -0.1) is 0 Å². The number of nitrogens with zero attached hydrogens (tertiary/aromatic N) is 1. The maximum absolute atomic E-state index is 10.4. The van der Waals surface area contributed by atoms with E-state index in [1.54, 1.807) is 0 Å². The summed E-state index contributed by atoms with van der Waals surface area (Å²) in [6.07, 6.45) is 0.902. The predicted octanol–water partition coefficient (Wildman–Crippen LogP) is 1.52. The Bertz CT molecular complexity index is 420. The van der Waals surface area contributed by atoms with Crippen LogP contribution in [0.4, 0.5) is 0 Å². The zero-order valence-electron chi connectivity index (χ0n) is 10.8. The van der Waals surface area contributed by atoms with Crippen molar-refractivity contribution >= 4 is 5.97 Å². The van der Waals surface area contributed by atoms with Crippen LogP contribution < -0.4 is 0 Å². The molecule has 5 nitrogen and oxygen atoms in total. The lowest BCUT2D eigenvalue weighted by molar-refractivity contribution is -0.166. The zero-order valence-corrected chi connectivity index (χ0v) is 10.8. The van der Waals surface area contributed by atoms with Crippen LogP contribution in [-0.4, -0.2) is 41.3 Å². The third-order valence-corrected chi connectivity index (χ3v) is 3.11. The Kier molecular flexibility index (Phi) is 3.73. The Balaban J connectivity index is 1.76. The van der Waals surface area contributed by atoms with Crippen molar-refractivity contribution in [2.75, 3.05) is 19.7 Å². The number of aryl methyl sites for hydroxylation is 1. The van der Waals surface area contributed by atoms with Gasteiger partial charge in [0.15, 0.2) is 0 Å². The van der Waals surface area contributed by atoms with Crippen LogP contribution in [0.15, 0.2) is 16.5 Å². The van der Waals surface area contributed by atoms with Crippen LogP contribution in [0.2, 0.25) is 0 Å². The second-order valence-corrected chi connectivity index (χ2v) is 5.00. The summed E-state index contributed by atoms with van der Waals surface area (Å²) in [6, 6.07) is 3.99. The van der Waals surface area contributed by atoms with Gasteiger partial charge in [-0.25, -0.2) is 4.79 Å². The smallest absolute Gasteiger partial charge is 0.329 e. The van der Waals surface area contributed by atoms with E-state index in [2.05, 4.69) is 11.8 Å². The van der Waals surface area contributed by atoms with Gasteiger partial charge in [0.2, 0.25) is 0 Å². The Morgan fingerprint density at radius 1 is 1.50 bits per heavy atom. The van der Waals surface area contributed by atoms with Gasteiger partial charge in [0, 0.05) is 19.5 Å². The maximum Gasteiger partial charge on any atom is 0.329 e. The maximum atomic E-state index is 10.4. The van der Waals surface area contributed by atoms with Gasteiger partial charge in [0.1, 0.15) is 18.1 Å². The van der Waals surface area contributed by atoms with Crippen molar-refractivity contribution in [2.24, 2.45) is 0 Å². The Morgan fingerprint density at radius 3 is 2.72 bits per heavy atom. The first-order chi connectivity index (χ1) is 8.50. The average Bonchev–Trinajstić information content (AvgIpc) is 2.72. The van der Waals surface area contributed by atoms with Crippen LogP contribution in [0, 0.1) is 0 Å². The second kappa shape index (κ2) is 5.12. The van der Waals surface area contributed by atoms with E-state index in [1.807, 2.05) is 19.1 Å². The number of carboxylic acid groups (broad SMARTS) is 1. The van der Waals surface area contributed by atoms with E-state index in [0.29, 0.717) is 0 Å². The van der Waals surface area contributed by atoms with E-state index in [9.17, 15) is 4.79 Å². The predicted molar refractivity (Wildman–Crippen MR) is 65.4 cm³/mol. The molecule has 1 saturated heterocycles. The van der Waals surface area contributed by atoms with Crippen molar-refractivity contribution in [1.82, 2.24) is 4.90 Å². The minimum atomic E-state index is -0.923. The SMILES string of the molecule is CCc1ccc(CN2CC(C)(OCC(=O)O)C2)o1. The van der Waals surface area contributed by atoms with Gasteiger partial charge < -0.3 is 14.3 Å². The first-order valence-corrected chi connectivity index (χ1v) is 6.16. The highest BCUT2D eigenvalue weighted by Gasteiger charge is 2.40. The molecule has 1 N–H and O–H groups in total. The Morgan fingerprint density at radius 2 is 2.17 bits per heavy atom. The lowest BCUT2D eigenvalue weighted by Gasteiger charge is -2.46. The van der Waals surface area contributed by atoms with Gasteiger partial charge in [-0.3, -0.25) is 4.90 Å². The number of ether oxygens (including phenoxy) is 1. The molecule has 18 heavy (non-hydrogen) atoms. The first-order valence-electron chi connectivity index (χ1n) is 6.16. The minimum Gasteiger partial charge on any atom is -0.480 e. The van der Waals surface area contributed by atoms with Crippen molar-refractivity contribution in [3.05, 3.63) is 23.7 Å². The summed E-state index contributed by atoms with van der Waals surface area (Å²) in [4.78, 5) is 12.6. The number of hydrogen-bond acceptors (Lipinski definition) is 4. The highest BCUT2D eigenvalue weighted by Crippen LogP contribution is 2.26. The summed E-state index contributed by atoms with van der Waals surface area (Å²) in [5.41, 5.74) is -0.335. The number of carboxylic acids is 1. The van der Waals surface area contributed by atoms with Crippen LogP contribution in [0.5, 0.6) is 0 Å². The molecule has 0 bridgehead atoms. The topological polar surface area (TPSA) is 62.9 Å². The fraction of sp³-hybridized carbons (Fsp3) is 0.615. The molecule has 0 aromatic carbocycles. The molecule has 5 heteroatoms. The molecule has 1 aromatic heterocycles. The fourth-order valence-corrected chi connectivity index (χ4v) is 2.26. The van der Waals surface area contributed by atoms with E-state index in [1.165, 1.54) is 0 Å². The minimum absolute atomic E-state index is 0.231. The first kappa shape index (κ1) is 13.1. The summed E-state index contributed by atoms with van der Waals surface area (Å²) in [7, 11) is 0. The molecule has 1 fully saturated rings. The van der Waals surface area contributed by atoms with Crippen LogP contribution in [0.25, 0.3) is 0 Å². The summed E-state index contributed by atoms with van der Waals surface area (Å²) in [6.45, 7) is 6.00. The average molecular weight is 253 g/mol. The molecule has 100 valence electrons. The molecule has 0 amide bonds. The number of hydrogen-bond donors (Lipinski definition) is 1. The molecular formula is C13H19NO4. The number of rotatable bonds is 6. The lowest BCUT2D eigenvalue weighted by atomic mass is 9.96.